The Morgan fingerprint density at radius 1 is 1.05 bits per heavy atom. The van der Waals surface area contributed by atoms with Gasteiger partial charge in [-0.1, -0.05) is 18.2 Å². The molecule has 37 heavy (non-hydrogen) atoms. The largest absolute Gasteiger partial charge is 0.481 e. The summed E-state index contributed by atoms with van der Waals surface area (Å²) in [5.74, 6) is -3.37. The summed E-state index contributed by atoms with van der Waals surface area (Å²) in [5.41, 5.74) is -2.03. The number of halogens is 1. The number of hydrogen-bond acceptors (Lipinski definition) is 7. The molecule has 0 radical (unpaired) electrons. The molecule has 200 valence electrons. The van der Waals surface area contributed by atoms with Crippen molar-refractivity contribution in [2.45, 2.75) is 51.4 Å². The van der Waals surface area contributed by atoms with Gasteiger partial charge < -0.3 is 29.4 Å². The van der Waals surface area contributed by atoms with Crippen LogP contribution < -0.4 is 0 Å². The first kappa shape index (κ1) is 29.2. The van der Waals surface area contributed by atoms with Crippen LogP contribution in [0.4, 0.5) is 4.39 Å². The molecule has 4 N–H and O–H groups in total. The second-order valence-electron chi connectivity index (χ2n) is 8.45. The molecule has 0 atom stereocenters. The van der Waals surface area contributed by atoms with Crippen molar-refractivity contribution >= 4 is 17.9 Å². The maximum atomic E-state index is 14.0. The molecule has 0 unspecified atom stereocenters. The van der Waals surface area contributed by atoms with Crippen LogP contribution in [-0.2, 0) is 34.0 Å². The van der Waals surface area contributed by atoms with Crippen molar-refractivity contribution in [3.8, 4) is 0 Å². The first-order valence-corrected chi connectivity index (χ1v) is 11.3. The molecular weight excluding hydrogens is 489 g/mol. The van der Waals surface area contributed by atoms with Crippen molar-refractivity contribution in [1.82, 2.24) is 14.5 Å². The van der Waals surface area contributed by atoms with Gasteiger partial charge >= 0.3 is 17.9 Å². The quantitative estimate of drug-likeness (QED) is 0.264. The SMILES string of the molecule is Cc1ccc(CN(CCCn2ccnc2)Cc2ccccc2F)o1.O=C(O)CC(O)(CC(=O)O)C(=O)O. The van der Waals surface area contributed by atoms with E-state index in [1.807, 2.05) is 43.7 Å². The number of aryl methyl sites for hydroxylation is 2. The van der Waals surface area contributed by atoms with E-state index in [9.17, 15) is 18.8 Å². The van der Waals surface area contributed by atoms with Crippen LogP contribution in [0.15, 0.2) is 59.5 Å². The number of aromatic nitrogens is 2. The van der Waals surface area contributed by atoms with E-state index < -0.39 is 36.4 Å². The molecule has 2 heterocycles. The average Bonchev–Trinajstić information content (AvgIpc) is 3.46. The van der Waals surface area contributed by atoms with E-state index in [4.69, 9.17) is 24.8 Å². The number of carboxylic acid groups (broad SMARTS) is 3. The van der Waals surface area contributed by atoms with Crippen LogP contribution in [0.2, 0.25) is 0 Å². The predicted molar refractivity (Wildman–Crippen MR) is 128 cm³/mol. The van der Waals surface area contributed by atoms with Gasteiger partial charge in [-0.25, -0.2) is 14.2 Å². The van der Waals surface area contributed by atoms with E-state index in [1.165, 1.54) is 6.07 Å². The third-order valence-electron chi connectivity index (χ3n) is 5.26. The molecule has 3 aromatic rings. The van der Waals surface area contributed by atoms with Gasteiger partial charge in [-0.15, -0.1) is 0 Å². The van der Waals surface area contributed by atoms with Gasteiger partial charge in [-0.3, -0.25) is 14.5 Å². The highest BCUT2D eigenvalue weighted by molar-refractivity contribution is 5.88. The minimum atomic E-state index is -2.74. The van der Waals surface area contributed by atoms with Gasteiger partial charge in [0, 0.05) is 37.6 Å². The fraction of sp³-hybridized carbons (Fsp3) is 0.360. The standard InChI is InChI=1S/C19H22FN3O.C6H8O7/c1-16-7-8-18(24-16)14-23(11-4-10-22-12-9-21-15-22)13-17-5-2-3-6-19(17)20;7-3(8)1-6(13,5(11)12)2-4(9)10/h2-3,5-9,12,15H,4,10-11,13-14H2,1H3;13H,1-2H2,(H,7,8)(H,9,10)(H,11,12). The van der Waals surface area contributed by atoms with E-state index in [0.29, 0.717) is 18.7 Å². The van der Waals surface area contributed by atoms with E-state index in [-0.39, 0.29) is 5.82 Å². The fourth-order valence-corrected chi connectivity index (χ4v) is 3.48. The highest BCUT2D eigenvalue weighted by Gasteiger charge is 2.40. The Morgan fingerprint density at radius 2 is 1.73 bits per heavy atom. The number of imidazole rings is 1. The van der Waals surface area contributed by atoms with Crippen LogP contribution in [0.25, 0.3) is 0 Å². The fourth-order valence-electron chi connectivity index (χ4n) is 3.48. The first-order chi connectivity index (χ1) is 17.5. The molecule has 0 aliphatic carbocycles. The Hall–Kier alpha value is -4.03. The van der Waals surface area contributed by atoms with Crippen LogP contribution in [0.5, 0.6) is 0 Å². The average molecular weight is 520 g/mol. The van der Waals surface area contributed by atoms with Gasteiger partial charge in [0.25, 0.3) is 0 Å². The number of furan rings is 1. The summed E-state index contributed by atoms with van der Waals surface area (Å²) in [6.07, 6.45) is 4.23. The number of aliphatic carboxylic acids is 3. The first-order valence-electron chi connectivity index (χ1n) is 11.3. The Kier molecular flexibility index (Phi) is 11.0. The summed E-state index contributed by atoms with van der Waals surface area (Å²) in [5, 5.41) is 33.8. The number of hydrogen-bond donors (Lipinski definition) is 4. The Labute approximate surface area is 212 Å². The molecule has 1 aromatic carbocycles. The number of rotatable bonds is 13. The topological polar surface area (TPSA) is 166 Å². The molecule has 2 aromatic heterocycles. The monoisotopic (exact) mass is 519 g/mol. The molecule has 0 bridgehead atoms. The lowest BCUT2D eigenvalue weighted by atomic mass is 9.96. The van der Waals surface area contributed by atoms with E-state index in [1.54, 1.807) is 12.3 Å². The Balaban J connectivity index is 0.000000317. The minimum absolute atomic E-state index is 0.160. The lowest BCUT2D eigenvalue weighted by molar-refractivity contribution is -0.170. The summed E-state index contributed by atoms with van der Waals surface area (Å²) in [7, 11) is 0. The molecule has 3 rings (SSSR count). The Bertz CT molecular complexity index is 1150. The van der Waals surface area contributed by atoms with Crippen molar-refractivity contribution < 1.29 is 43.6 Å². The van der Waals surface area contributed by atoms with Crippen molar-refractivity contribution in [2.75, 3.05) is 6.54 Å². The number of aliphatic hydroxyl groups is 1. The molecular formula is C25H30FN3O8. The number of carbonyl (C=O) groups is 3. The summed E-state index contributed by atoms with van der Waals surface area (Å²) >= 11 is 0. The number of carboxylic acids is 3. The van der Waals surface area contributed by atoms with Gasteiger partial charge in [0.1, 0.15) is 17.3 Å². The number of nitrogens with zero attached hydrogens (tertiary/aromatic N) is 3. The molecule has 0 fully saturated rings. The van der Waals surface area contributed by atoms with Crippen molar-refractivity contribution in [3.63, 3.8) is 0 Å². The molecule has 0 aliphatic rings. The van der Waals surface area contributed by atoms with Crippen LogP contribution in [0, 0.1) is 12.7 Å². The van der Waals surface area contributed by atoms with Crippen molar-refractivity contribution in [3.05, 3.63) is 78.0 Å². The van der Waals surface area contributed by atoms with E-state index in [0.717, 1.165) is 31.0 Å². The summed E-state index contributed by atoms with van der Waals surface area (Å²) < 4.78 is 21.7. The van der Waals surface area contributed by atoms with Crippen molar-refractivity contribution in [2.24, 2.45) is 0 Å². The lowest BCUT2D eigenvalue weighted by Gasteiger charge is -2.21. The summed E-state index contributed by atoms with van der Waals surface area (Å²) in [6.45, 7) is 4.92. The summed E-state index contributed by atoms with van der Waals surface area (Å²) in [6, 6.07) is 10.9. The van der Waals surface area contributed by atoms with Crippen LogP contribution in [0.3, 0.4) is 0 Å². The third kappa shape index (κ3) is 10.2. The van der Waals surface area contributed by atoms with Gasteiger partial charge in [0.05, 0.1) is 25.7 Å². The smallest absolute Gasteiger partial charge is 0.336 e. The van der Waals surface area contributed by atoms with Crippen molar-refractivity contribution in [1.29, 1.82) is 0 Å². The Morgan fingerprint density at radius 3 is 2.24 bits per heavy atom. The molecule has 0 saturated carbocycles. The zero-order valence-electron chi connectivity index (χ0n) is 20.3. The van der Waals surface area contributed by atoms with Gasteiger partial charge in [-0.2, -0.15) is 0 Å². The van der Waals surface area contributed by atoms with E-state index >= 15 is 0 Å². The zero-order chi connectivity index (χ0) is 27.4. The maximum Gasteiger partial charge on any atom is 0.336 e. The molecule has 0 saturated heterocycles. The molecule has 12 heteroatoms. The predicted octanol–water partition coefficient (Wildman–Crippen LogP) is 2.77. The summed E-state index contributed by atoms with van der Waals surface area (Å²) in [4.78, 5) is 36.8. The lowest BCUT2D eigenvalue weighted by Crippen LogP contribution is -2.42. The second kappa shape index (κ2) is 13.9. The molecule has 0 amide bonds. The van der Waals surface area contributed by atoms with Crippen LogP contribution >= 0.6 is 0 Å². The van der Waals surface area contributed by atoms with E-state index in [2.05, 4.69) is 14.5 Å². The highest BCUT2D eigenvalue weighted by Crippen LogP contribution is 2.16. The third-order valence-corrected chi connectivity index (χ3v) is 5.26. The normalized spacial score (nSPS) is 11.1. The molecule has 0 aliphatic heterocycles. The molecule has 0 spiro atoms. The van der Waals surface area contributed by atoms with Gasteiger partial charge in [0.2, 0.25) is 0 Å². The van der Waals surface area contributed by atoms with Gasteiger partial charge in [-0.05, 0) is 31.5 Å². The second-order valence-corrected chi connectivity index (χ2v) is 8.45. The van der Waals surface area contributed by atoms with Gasteiger partial charge in [0.15, 0.2) is 5.60 Å². The number of benzene rings is 1. The minimum Gasteiger partial charge on any atom is -0.481 e. The maximum absolute atomic E-state index is 14.0. The van der Waals surface area contributed by atoms with Crippen LogP contribution in [0.1, 0.15) is 36.3 Å². The van der Waals surface area contributed by atoms with Crippen LogP contribution in [-0.4, -0.2) is 64.9 Å². The molecule has 11 nitrogen and oxygen atoms in total. The highest BCUT2D eigenvalue weighted by atomic mass is 19.1. The zero-order valence-corrected chi connectivity index (χ0v) is 20.3.